The number of morpholine rings is 1. The highest BCUT2D eigenvalue weighted by atomic mass is 32.1. The molecule has 1 aromatic heterocycles. The minimum atomic E-state index is -4.83. The molecule has 0 bridgehead atoms. The Morgan fingerprint density at radius 1 is 1.21 bits per heavy atom. The van der Waals surface area contributed by atoms with Crippen molar-refractivity contribution in [3.8, 4) is 0 Å². The van der Waals surface area contributed by atoms with Gasteiger partial charge in [0.2, 0.25) is 0 Å². The van der Waals surface area contributed by atoms with Crippen LogP contribution in [-0.4, -0.2) is 75.2 Å². The van der Waals surface area contributed by atoms with Crippen molar-refractivity contribution in [1.29, 1.82) is 0 Å². The van der Waals surface area contributed by atoms with Gasteiger partial charge in [0.15, 0.2) is 8.32 Å². The van der Waals surface area contributed by atoms with E-state index in [1.165, 1.54) is 10.4 Å². The standard InChI is InChI=1S/C23H37F3N2O3SSi/c1-21(2,3)33(4,5)31-12-6-18-14-19(32-16-18)15-27-9-7-22(8-10-27)17-28(11-13-30-22)20(29)23(24,25)26/h14,16H,6-13,15,17H2,1-5H3. The summed E-state index contributed by atoms with van der Waals surface area (Å²) in [5.41, 5.74) is 0.635. The predicted molar refractivity (Wildman–Crippen MR) is 127 cm³/mol. The van der Waals surface area contributed by atoms with Gasteiger partial charge in [-0.25, -0.2) is 0 Å². The lowest BCUT2D eigenvalue weighted by molar-refractivity contribution is -0.200. The fraction of sp³-hybridized carbons (Fsp3) is 0.783. The van der Waals surface area contributed by atoms with Crippen molar-refractivity contribution < 1.29 is 27.1 Å². The Balaban J connectivity index is 1.46. The first kappa shape index (κ1) is 26.7. The van der Waals surface area contributed by atoms with Crippen molar-refractivity contribution >= 4 is 25.6 Å². The first-order chi connectivity index (χ1) is 15.2. The molecule has 2 aliphatic rings. The van der Waals surface area contributed by atoms with Crippen molar-refractivity contribution in [3.05, 3.63) is 21.9 Å². The minimum absolute atomic E-state index is 0.000911. The molecule has 1 aromatic rings. The van der Waals surface area contributed by atoms with E-state index < -0.39 is 26.0 Å². The number of carbonyl (C=O) groups excluding carboxylic acids is 1. The lowest BCUT2D eigenvalue weighted by atomic mass is 9.89. The van der Waals surface area contributed by atoms with Crippen molar-refractivity contribution in [2.24, 2.45) is 0 Å². The lowest BCUT2D eigenvalue weighted by Gasteiger charge is -2.47. The van der Waals surface area contributed by atoms with Crippen LogP contribution in [0.3, 0.4) is 0 Å². The van der Waals surface area contributed by atoms with Crippen LogP contribution in [0.1, 0.15) is 44.1 Å². The maximum atomic E-state index is 12.8. The van der Waals surface area contributed by atoms with Gasteiger partial charge in [0, 0.05) is 37.7 Å². The second-order valence-electron chi connectivity index (χ2n) is 10.8. The van der Waals surface area contributed by atoms with E-state index in [0.717, 1.165) is 37.6 Å². The number of rotatable bonds is 6. The number of halogens is 3. The largest absolute Gasteiger partial charge is 0.471 e. The normalized spacial score (nSPS) is 20.4. The summed E-state index contributed by atoms with van der Waals surface area (Å²) in [7, 11) is -1.73. The van der Waals surface area contributed by atoms with Gasteiger partial charge in [0.05, 0.1) is 18.8 Å². The van der Waals surface area contributed by atoms with Gasteiger partial charge in [0.25, 0.3) is 0 Å². The van der Waals surface area contributed by atoms with Crippen LogP contribution in [0.15, 0.2) is 11.4 Å². The topological polar surface area (TPSA) is 42.0 Å². The Morgan fingerprint density at radius 3 is 2.48 bits per heavy atom. The van der Waals surface area contributed by atoms with Gasteiger partial charge >= 0.3 is 12.1 Å². The molecular weight excluding hydrogens is 469 g/mol. The lowest BCUT2D eigenvalue weighted by Crippen LogP contribution is -2.59. The zero-order valence-corrected chi connectivity index (χ0v) is 22.2. The quantitative estimate of drug-likeness (QED) is 0.506. The third-order valence-electron chi connectivity index (χ3n) is 7.29. The molecule has 0 N–H and O–H groups in total. The van der Waals surface area contributed by atoms with E-state index in [0.29, 0.717) is 12.8 Å². The highest BCUT2D eigenvalue weighted by Crippen LogP contribution is 2.37. The number of hydrogen-bond donors (Lipinski definition) is 0. The Bertz CT molecular complexity index is 815. The average molecular weight is 507 g/mol. The van der Waals surface area contributed by atoms with Crippen molar-refractivity contribution in [3.63, 3.8) is 0 Å². The van der Waals surface area contributed by atoms with Crippen LogP contribution in [-0.2, 0) is 26.9 Å². The zero-order valence-electron chi connectivity index (χ0n) is 20.4. The van der Waals surface area contributed by atoms with E-state index in [9.17, 15) is 18.0 Å². The average Bonchev–Trinajstić information content (AvgIpc) is 3.15. The molecular formula is C23H37F3N2O3SSi. The van der Waals surface area contributed by atoms with Crippen LogP contribution in [0.25, 0.3) is 0 Å². The number of ether oxygens (including phenoxy) is 1. The highest BCUT2D eigenvalue weighted by Gasteiger charge is 2.48. The molecule has 0 aliphatic carbocycles. The van der Waals surface area contributed by atoms with Crippen molar-refractivity contribution in [2.45, 2.75) is 76.5 Å². The summed E-state index contributed by atoms with van der Waals surface area (Å²) in [6, 6.07) is 2.24. The van der Waals surface area contributed by atoms with E-state index in [2.05, 4.69) is 50.2 Å². The second kappa shape index (κ2) is 9.97. The fourth-order valence-corrected chi connectivity index (χ4v) is 6.13. The third-order valence-corrected chi connectivity index (χ3v) is 12.8. The van der Waals surface area contributed by atoms with Gasteiger partial charge in [-0.05, 0) is 54.4 Å². The van der Waals surface area contributed by atoms with Crippen LogP contribution in [0.5, 0.6) is 0 Å². The van der Waals surface area contributed by atoms with Crippen LogP contribution in [0.4, 0.5) is 13.2 Å². The monoisotopic (exact) mass is 506 g/mol. The van der Waals surface area contributed by atoms with E-state index in [4.69, 9.17) is 9.16 Å². The van der Waals surface area contributed by atoms with Gasteiger partial charge in [0.1, 0.15) is 0 Å². The molecule has 33 heavy (non-hydrogen) atoms. The molecule has 5 nitrogen and oxygen atoms in total. The summed E-state index contributed by atoms with van der Waals surface area (Å²) in [5, 5.41) is 2.40. The van der Waals surface area contributed by atoms with Crippen LogP contribution < -0.4 is 0 Å². The number of thiophene rings is 1. The maximum Gasteiger partial charge on any atom is 0.471 e. The van der Waals surface area contributed by atoms with Gasteiger partial charge < -0.3 is 14.1 Å². The Hall–Kier alpha value is -0.943. The molecule has 3 heterocycles. The second-order valence-corrected chi connectivity index (χ2v) is 16.6. The number of amides is 1. The van der Waals surface area contributed by atoms with Crippen molar-refractivity contribution in [1.82, 2.24) is 9.80 Å². The van der Waals surface area contributed by atoms with Gasteiger partial charge in [-0.1, -0.05) is 20.8 Å². The molecule has 0 unspecified atom stereocenters. The molecule has 1 spiro atoms. The van der Waals surface area contributed by atoms with Gasteiger partial charge in [-0.3, -0.25) is 9.69 Å². The molecule has 1 amide bonds. The molecule has 0 atom stereocenters. The number of nitrogens with zero attached hydrogens (tertiary/aromatic N) is 2. The zero-order chi connectivity index (χ0) is 24.5. The molecule has 2 saturated heterocycles. The first-order valence-electron chi connectivity index (χ1n) is 11.6. The maximum absolute atomic E-state index is 12.8. The van der Waals surface area contributed by atoms with Crippen LogP contribution in [0, 0.1) is 0 Å². The van der Waals surface area contributed by atoms with Crippen LogP contribution in [0.2, 0.25) is 18.1 Å². The number of alkyl halides is 3. The van der Waals surface area contributed by atoms with E-state index in [-0.39, 0.29) is 24.7 Å². The Kier molecular flexibility index (Phi) is 8.05. The van der Waals surface area contributed by atoms with Crippen LogP contribution >= 0.6 is 11.3 Å². The third kappa shape index (κ3) is 6.81. The summed E-state index contributed by atoms with van der Waals surface area (Å²) in [6.45, 7) is 14.5. The minimum Gasteiger partial charge on any atom is -0.416 e. The van der Waals surface area contributed by atoms with Gasteiger partial charge in [-0.15, -0.1) is 11.3 Å². The highest BCUT2D eigenvalue weighted by molar-refractivity contribution is 7.10. The summed E-state index contributed by atoms with van der Waals surface area (Å²) in [5.74, 6) is -1.75. The van der Waals surface area contributed by atoms with E-state index in [1.807, 2.05) is 0 Å². The summed E-state index contributed by atoms with van der Waals surface area (Å²) in [6.07, 6.45) is -2.66. The summed E-state index contributed by atoms with van der Waals surface area (Å²) >= 11 is 1.75. The predicted octanol–water partition coefficient (Wildman–Crippen LogP) is 5.07. The fourth-order valence-electron chi connectivity index (χ4n) is 4.12. The van der Waals surface area contributed by atoms with Crippen molar-refractivity contribution in [2.75, 3.05) is 39.4 Å². The molecule has 2 aliphatic heterocycles. The van der Waals surface area contributed by atoms with E-state index >= 15 is 0 Å². The Labute approximate surface area is 200 Å². The number of piperidine rings is 1. The van der Waals surface area contributed by atoms with Gasteiger partial charge in [-0.2, -0.15) is 13.2 Å². The molecule has 3 rings (SSSR count). The molecule has 0 saturated carbocycles. The smallest absolute Gasteiger partial charge is 0.416 e. The SMILES string of the molecule is CC(C)(C)[Si](C)(C)OCCc1csc(CN2CCC3(CC2)CN(C(=O)C(F)(F)F)CCO3)c1. The summed E-state index contributed by atoms with van der Waals surface area (Å²) in [4.78, 5) is 16.2. The molecule has 10 heteroatoms. The molecule has 0 aromatic carbocycles. The molecule has 188 valence electrons. The first-order valence-corrected chi connectivity index (χ1v) is 15.4. The number of likely N-dealkylation sites (tertiary alicyclic amines) is 1. The number of carbonyl (C=O) groups is 1. The van der Waals surface area contributed by atoms with E-state index in [1.54, 1.807) is 11.3 Å². The number of hydrogen-bond acceptors (Lipinski definition) is 5. The summed E-state index contributed by atoms with van der Waals surface area (Å²) < 4.78 is 50.7. The Morgan fingerprint density at radius 2 is 1.88 bits per heavy atom. The molecule has 2 fully saturated rings. The molecule has 0 radical (unpaired) electrons.